The summed E-state index contributed by atoms with van der Waals surface area (Å²) in [6.07, 6.45) is 3.72. The Bertz CT molecular complexity index is 396. The number of ether oxygens (including phenoxy) is 1. The zero-order valence-corrected chi connectivity index (χ0v) is 11.8. The van der Waals surface area contributed by atoms with Gasteiger partial charge in [-0.25, -0.2) is 0 Å². The predicted octanol–water partition coefficient (Wildman–Crippen LogP) is 3.02. The summed E-state index contributed by atoms with van der Waals surface area (Å²) >= 11 is 0. The van der Waals surface area contributed by atoms with Gasteiger partial charge in [-0.3, -0.25) is 4.79 Å². The third kappa shape index (κ3) is 4.21. The lowest BCUT2D eigenvalue weighted by Crippen LogP contribution is -2.41. The molecule has 0 aliphatic carbocycles. The normalized spacial score (nSPS) is 13.6. The molecule has 0 aromatic heterocycles. The molecule has 0 bridgehead atoms. The summed E-state index contributed by atoms with van der Waals surface area (Å²) < 4.78 is 5.69. The molecule has 1 atom stereocenters. The van der Waals surface area contributed by atoms with Gasteiger partial charge in [-0.1, -0.05) is 43.3 Å². The predicted molar refractivity (Wildman–Crippen MR) is 77.9 cm³/mol. The van der Waals surface area contributed by atoms with Crippen LogP contribution >= 0.6 is 0 Å². The number of nitrogens with one attached hydrogen (secondary N) is 1. The molecule has 0 radical (unpaired) electrons. The number of methoxy groups -OCH3 is 1. The van der Waals surface area contributed by atoms with Crippen LogP contribution in [0.25, 0.3) is 0 Å². The van der Waals surface area contributed by atoms with E-state index in [1.807, 2.05) is 30.3 Å². The Hall–Kier alpha value is -1.61. The van der Waals surface area contributed by atoms with Crippen molar-refractivity contribution >= 4 is 5.91 Å². The van der Waals surface area contributed by atoms with Crippen molar-refractivity contribution in [1.29, 1.82) is 0 Å². The third-order valence-corrected chi connectivity index (χ3v) is 3.41. The first-order chi connectivity index (χ1) is 9.18. The molecular weight excluding hydrogens is 238 g/mol. The minimum absolute atomic E-state index is 0.0331. The van der Waals surface area contributed by atoms with Crippen LogP contribution in [-0.4, -0.2) is 19.6 Å². The van der Waals surface area contributed by atoms with Crippen molar-refractivity contribution in [1.82, 2.24) is 5.32 Å². The molecule has 104 valence electrons. The second-order valence-electron chi connectivity index (χ2n) is 4.52. The molecule has 1 aromatic rings. The van der Waals surface area contributed by atoms with Crippen LogP contribution in [-0.2, 0) is 15.1 Å². The molecule has 1 amide bonds. The summed E-state index contributed by atoms with van der Waals surface area (Å²) in [5.41, 5.74) is 0.634. The number of hydrogen-bond acceptors (Lipinski definition) is 2. The Balaban J connectivity index is 2.72. The van der Waals surface area contributed by atoms with Crippen molar-refractivity contribution in [3.8, 4) is 0 Å². The van der Waals surface area contributed by atoms with E-state index in [9.17, 15) is 4.79 Å². The van der Waals surface area contributed by atoms with Crippen molar-refractivity contribution in [2.45, 2.75) is 31.8 Å². The fourth-order valence-corrected chi connectivity index (χ4v) is 2.07. The Labute approximate surface area is 115 Å². The Morgan fingerprint density at radius 3 is 2.63 bits per heavy atom. The van der Waals surface area contributed by atoms with Gasteiger partial charge < -0.3 is 10.1 Å². The van der Waals surface area contributed by atoms with Gasteiger partial charge in [0.1, 0.15) is 5.60 Å². The van der Waals surface area contributed by atoms with Crippen LogP contribution in [0.1, 0.15) is 31.7 Å². The largest absolute Gasteiger partial charge is 0.372 e. The molecule has 0 aliphatic heterocycles. The van der Waals surface area contributed by atoms with Gasteiger partial charge >= 0.3 is 0 Å². The van der Waals surface area contributed by atoms with E-state index in [1.54, 1.807) is 13.2 Å². The Morgan fingerprint density at radius 1 is 1.42 bits per heavy atom. The summed E-state index contributed by atoms with van der Waals surface area (Å²) in [7, 11) is 1.69. The number of carbonyl (C=O) groups excluding carboxylic acids is 1. The molecule has 0 fully saturated rings. The summed E-state index contributed by atoms with van der Waals surface area (Å²) in [5.74, 6) is 0.0331. The van der Waals surface area contributed by atoms with E-state index in [2.05, 4.69) is 18.8 Å². The fraction of sp³-hybridized carbons (Fsp3) is 0.438. The maximum Gasteiger partial charge on any atom is 0.220 e. The molecule has 19 heavy (non-hydrogen) atoms. The molecule has 0 heterocycles. The van der Waals surface area contributed by atoms with Gasteiger partial charge in [0.25, 0.3) is 0 Å². The van der Waals surface area contributed by atoms with Crippen LogP contribution in [0.4, 0.5) is 0 Å². The number of rotatable bonds is 8. The smallest absolute Gasteiger partial charge is 0.220 e. The topological polar surface area (TPSA) is 38.3 Å². The second-order valence-corrected chi connectivity index (χ2v) is 4.52. The zero-order valence-electron chi connectivity index (χ0n) is 11.8. The molecule has 0 saturated heterocycles. The van der Waals surface area contributed by atoms with Gasteiger partial charge in [-0.2, -0.15) is 0 Å². The Kier molecular flexibility index (Phi) is 6.30. The summed E-state index contributed by atoms with van der Waals surface area (Å²) in [5, 5.41) is 2.95. The number of allylic oxidation sites excluding steroid dienone is 1. The van der Waals surface area contributed by atoms with Crippen LogP contribution in [0.2, 0.25) is 0 Å². The highest BCUT2D eigenvalue weighted by Gasteiger charge is 2.30. The van der Waals surface area contributed by atoms with Crippen molar-refractivity contribution in [3.63, 3.8) is 0 Å². The number of hydrogen-bond donors (Lipinski definition) is 1. The van der Waals surface area contributed by atoms with Gasteiger partial charge in [0, 0.05) is 13.5 Å². The SMILES string of the molecule is C=CCCC(=O)NC[C@](CC)(OC)c1ccccc1. The van der Waals surface area contributed by atoms with E-state index in [-0.39, 0.29) is 5.91 Å². The molecule has 0 unspecified atom stereocenters. The van der Waals surface area contributed by atoms with Crippen LogP contribution < -0.4 is 5.32 Å². The van der Waals surface area contributed by atoms with Crippen LogP contribution in [0, 0.1) is 0 Å². The first-order valence-corrected chi connectivity index (χ1v) is 6.66. The minimum atomic E-state index is -0.453. The number of carbonyl (C=O) groups is 1. The lowest BCUT2D eigenvalue weighted by Gasteiger charge is -2.32. The van der Waals surface area contributed by atoms with Gasteiger partial charge in [0.2, 0.25) is 5.91 Å². The quantitative estimate of drug-likeness (QED) is 0.730. The van der Waals surface area contributed by atoms with Gasteiger partial charge in [-0.05, 0) is 18.4 Å². The monoisotopic (exact) mass is 261 g/mol. The van der Waals surface area contributed by atoms with Gasteiger partial charge in [0.05, 0.1) is 6.54 Å². The van der Waals surface area contributed by atoms with Gasteiger partial charge in [0.15, 0.2) is 0 Å². The molecule has 1 N–H and O–H groups in total. The van der Waals surface area contributed by atoms with Crippen LogP contribution in [0.5, 0.6) is 0 Å². The van der Waals surface area contributed by atoms with E-state index in [0.717, 1.165) is 12.0 Å². The van der Waals surface area contributed by atoms with Crippen molar-refractivity contribution in [3.05, 3.63) is 48.6 Å². The molecule has 3 heteroatoms. The van der Waals surface area contributed by atoms with Crippen LogP contribution in [0.3, 0.4) is 0 Å². The highest BCUT2D eigenvalue weighted by atomic mass is 16.5. The summed E-state index contributed by atoms with van der Waals surface area (Å²) in [4.78, 5) is 11.7. The number of amides is 1. The summed E-state index contributed by atoms with van der Waals surface area (Å²) in [6, 6.07) is 10.0. The van der Waals surface area contributed by atoms with E-state index in [1.165, 1.54) is 0 Å². The van der Waals surface area contributed by atoms with E-state index >= 15 is 0 Å². The molecule has 3 nitrogen and oxygen atoms in total. The molecule has 1 aromatic carbocycles. The fourth-order valence-electron chi connectivity index (χ4n) is 2.07. The molecule has 0 saturated carbocycles. The summed E-state index contributed by atoms with van der Waals surface area (Å²) in [6.45, 7) is 6.16. The maximum absolute atomic E-state index is 11.7. The van der Waals surface area contributed by atoms with E-state index < -0.39 is 5.60 Å². The van der Waals surface area contributed by atoms with Crippen molar-refractivity contribution in [2.24, 2.45) is 0 Å². The van der Waals surface area contributed by atoms with E-state index in [4.69, 9.17) is 4.74 Å². The van der Waals surface area contributed by atoms with Crippen molar-refractivity contribution < 1.29 is 9.53 Å². The highest BCUT2D eigenvalue weighted by Crippen LogP contribution is 2.27. The Morgan fingerprint density at radius 2 is 2.11 bits per heavy atom. The highest BCUT2D eigenvalue weighted by molar-refractivity contribution is 5.76. The molecule has 1 rings (SSSR count). The second kappa shape index (κ2) is 7.74. The van der Waals surface area contributed by atoms with Gasteiger partial charge in [-0.15, -0.1) is 6.58 Å². The van der Waals surface area contributed by atoms with E-state index in [0.29, 0.717) is 19.4 Å². The molecule has 0 spiro atoms. The maximum atomic E-state index is 11.7. The van der Waals surface area contributed by atoms with Crippen molar-refractivity contribution in [2.75, 3.05) is 13.7 Å². The number of benzene rings is 1. The zero-order chi connectivity index (χ0) is 14.1. The molecular formula is C16H23NO2. The first-order valence-electron chi connectivity index (χ1n) is 6.66. The molecule has 0 aliphatic rings. The van der Waals surface area contributed by atoms with Crippen LogP contribution in [0.15, 0.2) is 43.0 Å². The third-order valence-electron chi connectivity index (χ3n) is 3.41. The minimum Gasteiger partial charge on any atom is -0.372 e. The lowest BCUT2D eigenvalue weighted by atomic mass is 9.90. The first kappa shape index (κ1) is 15.4. The lowest BCUT2D eigenvalue weighted by molar-refractivity contribution is -0.122. The average molecular weight is 261 g/mol. The standard InChI is InChI=1S/C16H23NO2/c1-4-6-12-15(18)17-13-16(5-2,19-3)14-10-8-7-9-11-14/h4,7-11H,1,5-6,12-13H2,2-3H3,(H,17,18)/t16-/m0/s1. The average Bonchev–Trinajstić information content (AvgIpc) is 2.48.